The van der Waals surface area contributed by atoms with Crippen molar-refractivity contribution in [1.29, 1.82) is 0 Å². The standard InChI is InChI=1S/C15H19N3O2/c1-12(14-5-3-4-8-16-14)17-13-6-7-15(19)18(11-13)9-10-20-2/h3-8,11-12,17H,9-10H2,1-2H3. The second-order valence-electron chi connectivity index (χ2n) is 4.56. The maximum Gasteiger partial charge on any atom is 0.250 e. The predicted octanol–water partition coefficient (Wildman–Crippen LogP) is 2.06. The molecule has 0 aliphatic carbocycles. The molecule has 1 atom stereocenters. The fourth-order valence-electron chi connectivity index (χ4n) is 1.94. The van der Waals surface area contributed by atoms with Gasteiger partial charge in [0.1, 0.15) is 0 Å². The number of hydrogen-bond donors (Lipinski definition) is 1. The van der Waals surface area contributed by atoms with Gasteiger partial charge in [-0.3, -0.25) is 9.78 Å². The minimum absolute atomic E-state index is 0.0295. The highest BCUT2D eigenvalue weighted by molar-refractivity contribution is 5.42. The molecule has 2 aromatic heterocycles. The van der Waals surface area contributed by atoms with E-state index in [2.05, 4.69) is 10.3 Å². The Morgan fingerprint density at radius 1 is 1.35 bits per heavy atom. The van der Waals surface area contributed by atoms with E-state index in [1.54, 1.807) is 36.2 Å². The number of nitrogens with one attached hydrogen (secondary N) is 1. The van der Waals surface area contributed by atoms with Crippen LogP contribution in [0.4, 0.5) is 5.69 Å². The molecule has 0 saturated carbocycles. The minimum Gasteiger partial charge on any atom is -0.383 e. The van der Waals surface area contributed by atoms with Gasteiger partial charge in [0.15, 0.2) is 0 Å². The van der Waals surface area contributed by atoms with Crippen LogP contribution in [0.15, 0.2) is 47.5 Å². The predicted molar refractivity (Wildman–Crippen MR) is 78.9 cm³/mol. The molecule has 5 nitrogen and oxygen atoms in total. The van der Waals surface area contributed by atoms with Crippen LogP contribution in [0, 0.1) is 0 Å². The highest BCUT2D eigenvalue weighted by atomic mass is 16.5. The molecule has 2 rings (SSSR count). The Morgan fingerprint density at radius 3 is 2.90 bits per heavy atom. The molecule has 20 heavy (non-hydrogen) atoms. The summed E-state index contributed by atoms with van der Waals surface area (Å²) in [5.74, 6) is 0. The van der Waals surface area contributed by atoms with Crippen LogP contribution in [0.1, 0.15) is 18.7 Å². The van der Waals surface area contributed by atoms with Crippen molar-refractivity contribution >= 4 is 5.69 Å². The average molecular weight is 273 g/mol. The molecule has 1 unspecified atom stereocenters. The van der Waals surface area contributed by atoms with Crippen molar-refractivity contribution in [3.8, 4) is 0 Å². The number of hydrogen-bond acceptors (Lipinski definition) is 4. The van der Waals surface area contributed by atoms with Crippen LogP contribution in [0.25, 0.3) is 0 Å². The van der Waals surface area contributed by atoms with Crippen molar-refractivity contribution in [2.45, 2.75) is 19.5 Å². The Bertz CT molecular complexity index is 596. The normalized spacial score (nSPS) is 12.1. The molecular formula is C15H19N3O2. The van der Waals surface area contributed by atoms with Gasteiger partial charge in [0.05, 0.1) is 24.0 Å². The third-order valence-electron chi connectivity index (χ3n) is 3.03. The van der Waals surface area contributed by atoms with Crippen LogP contribution in [0.2, 0.25) is 0 Å². The van der Waals surface area contributed by atoms with Crippen molar-refractivity contribution in [3.05, 3.63) is 58.8 Å². The van der Waals surface area contributed by atoms with E-state index in [0.717, 1.165) is 11.4 Å². The van der Waals surface area contributed by atoms with Gasteiger partial charge in [0, 0.05) is 32.1 Å². The molecule has 0 spiro atoms. The molecule has 0 saturated heterocycles. The van der Waals surface area contributed by atoms with Crippen LogP contribution < -0.4 is 10.9 Å². The quantitative estimate of drug-likeness (QED) is 0.875. The largest absolute Gasteiger partial charge is 0.383 e. The fourth-order valence-corrected chi connectivity index (χ4v) is 1.94. The van der Waals surface area contributed by atoms with E-state index in [9.17, 15) is 4.79 Å². The number of rotatable bonds is 6. The molecule has 0 aliphatic heterocycles. The summed E-state index contributed by atoms with van der Waals surface area (Å²) in [5.41, 5.74) is 1.82. The topological polar surface area (TPSA) is 56.1 Å². The van der Waals surface area contributed by atoms with Crippen molar-refractivity contribution in [1.82, 2.24) is 9.55 Å². The van der Waals surface area contributed by atoms with Crippen LogP contribution in [0.3, 0.4) is 0 Å². The van der Waals surface area contributed by atoms with E-state index in [1.807, 2.05) is 25.1 Å². The van der Waals surface area contributed by atoms with Crippen LogP contribution >= 0.6 is 0 Å². The van der Waals surface area contributed by atoms with E-state index in [4.69, 9.17) is 4.74 Å². The van der Waals surface area contributed by atoms with E-state index < -0.39 is 0 Å². The number of aromatic nitrogens is 2. The molecule has 2 heterocycles. The maximum atomic E-state index is 11.7. The first-order valence-corrected chi connectivity index (χ1v) is 6.57. The first kappa shape index (κ1) is 14.3. The second kappa shape index (κ2) is 6.86. The molecule has 1 N–H and O–H groups in total. The molecule has 106 valence electrons. The summed E-state index contributed by atoms with van der Waals surface area (Å²) in [6.07, 6.45) is 3.58. The zero-order valence-corrected chi connectivity index (χ0v) is 11.7. The third-order valence-corrected chi connectivity index (χ3v) is 3.03. The van der Waals surface area contributed by atoms with E-state index >= 15 is 0 Å². The maximum absolute atomic E-state index is 11.7. The van der Waals surface area contributed by atoms with Crippen LogP contribution in [-0.2, 0) is 11.3 Å². The van der Waals surface area contributed by atoms with Crippen molar-refractivity contribution in [2.24, 2.45) is 0 Å². The summed E-state index contributed by atoms with van der Waals surface area (Å²) < 4.78 is 6.64. The lowest BCUT2D eigenvalue weighted by atomic mass is 10.2. The summed E-state index contributed by atoms with van der Waals surface area (Å²) in [5, 5.41) is 3.34. The van der Waals surface area contributed by atoms with Gasteiger partial charge < -0.3 is 14.6 Å². The molecule has 0 aliphatic rings. The van der Waals surface area contributed by atoms with Crippen molar-refractivity contribution in [3.63, 3.8) is 0 Å². The molecule has 0 bridgehead atoms. The number of ether oxygens (including phenoxy) is 1. The molecule has 0 radical (unpaired) electrons. The number of pyridine rings is 2. The second-order valence-corrected chi connectivity index (χ2v) is 4.56. The molecule has 2 aromatic rings. The number of anilines is 1. The molecule has 5 heteroatoms. The van der Waals surface area contributed by atoms with Gasteiger partial charge in [-0.1, -0.05) is 6.07 Å². The number of nitrogens with zero attached hydrogens (tertiary/aromatic N) is 2. The van der Waals surface area contributed by atoms with Crippen LogP contribution in [0.5, 0.6) is 0 Å². The van der Waals surface area contributed by atoms with Gasteiger partial charge in [-0.15, -0.1) is 0 Å². The first-order chi connectivity index (χ1) is 9.70. The van der Waals surface area contributed by atoms with E-state index in [1.165, 1.54) is 0 Å². The summed E-state index contributed by atoms with van der Waals surface area (Å²) in [6.45, 7) is 3.09. The zero-order chi connectivity index (χ0) is 14.4. The van der Waals surface area contributed by atoms with Gasteiger partial charge in [0.25, 0.3) is 5.56 Å². The lowest BCUT2D eigenvalue weighted by molar-refractivity contribution is 0.186. The Morgan fingerprint density at radius 2 is 2.20 bits per heavy atom. The Labute approximate surface area is 118 Å². The lowest BCUT2D eigenvalue weighted by Gasteiger charge is -2.15. The van der Waals surface area contributed by atoms with E-state index in [0.29, 0.717) is 13.2 Å². The van der Waals surface area contributed by atoms with Crippen molar-refractivity contribution in [2.75, 3.05) is 19.0 Å². The molecule has 0 aromatic carbocycles. The molecule has 0 amide bonds. The minimum atomic E-state index is -0.0295. The summed E-state index contributed by atoms with van der Waals surface area (Å²) in [6, 6.07) is 9.23. The van der Waals surface area contributed by atoms with Gasteiger partial charge in [0.2, 0.25) is 0 Å². The Hall–Kier alpha value is -2.14. The highest BCUT2D eigenvalue weighted by Gasteiger charge is 2.06. The van der Waals surface area contributed by atoms with Gasteiger partial charge >= 0.3 is 0 Å². The number of methoxy groups -OCH3 is 1. The Kier molecular flexibility index (Phi) is 4.90. The fraction of sp³-hybridized carbons (Fsp3) is 0.333. The summed E-state index contributed by atoms with van der Waals surface area (Å²) in [4.78, 5) is 16.0. The van der Waals surface area contributed by atoms with Gasteiger partial charge in [-0.25, -0.2) is 0 Å². The van der Waals surface area contributed by atoms with E-state index in [-0.39, 0.29) is 11.6 Å². The SMILES string of the molecule is COCCn1cc(NC(C)c2ccccn2)ccc1=O. The molecule has 0 fully saturated rings. The Balaban J connectivity index is 2.11. The van der Waals surface area contributed by atoms with Gasteiger partial charge in [-0.05, 0) is 25.1 Å². The average Bonchev–Trinajstić information content (AvgIpc) is 2.48. The van der Waals surface area contributed by atoms with Crippen LogP contribution in [-0.4, -0.2) is 23.3 Å². The summed E-state index contributed by atoms with van der Waals surface area (Å²) >= 11 is 0. The first-order valence-electron chi connectivity index (χ1n) is 6.57. The smallest absolute Gasteiger partial charge is 0.250 e. The summed E-state index contributed by atoms with van der Waals surface area (Å²) in [7, 11) is 1.62. The highest BCUT2D eigenvalue weighted by Crippen LogP contribution is 2.15. The monoisotopic (exact) mass is 273 g/mol. The lowest BCUT2D eigenvalue weighted by Crippen LogP contribution is -2.21. The molecular weight excluding hydrogens is 254 g/mol. The third kappa shape index (κ3) is 3.68. The van der Waals surface area contributed by atoms with Crippen molar-refractivity contribution < 1.29 is 4.74 Å². The van der Waals surface area contributed by atoms with Gasteiger partial charge in [-0.2, -0.15) is 0 Å². The zero-order valence-electron chi connectivity index (χ0n) is 11.7.